The molecular weight excluding hydrogens is 442 g/mol. The monoisotopic (exact) mass is 471 g/mol. The number of carbonyl (C=O) groups excluding carboxylic acids is 1. The van der Waals surface area contributed by atoms with Gasteiger partial charge in [-0.2, -0.15) is 0 Å². The molecule has 0 radical (unpaired) electrons. The van der Waals surface area contributed by atoms with Gasteiger partial charge < -0.3 is 14.5 Å². The molecule has 1 aliphatic carbocycles. The van der Waals surface area contributed by atoms with Crippen molar-refractivity contribution < 1.29 is 9.53 Å². The van der Waals surface area contributed by atoms with Gasteiger partial charge in [0, 0.05) is 34.9 Å². The van der Waals surface area contributed by atoms with Crippen LogP contribution in [-0.2, 0) is 6.54 Å². The minimum absolute atomic E-state index is 0.145. The van der Waals surface area contributed by atoms with Crippen molar-refractivity contribution in [3.05, 3.63) is 52.3 Å². The predicted molar refractivity (Wildman–Crippen MR) is 123 cm³/mol. The summed E-state index contributed by atoms with van der Waals surface area (Å²) in [6, 6.07) is 8.61. The van der Waals surface area contributed by atoms with Gasteiger partial charge in [0.25, 0.3) is 5.91 Å². The van der Waals surface area contributed by atoms with Crippen LogP contribution >= 0.6 is 15.9 Å². The maximum absolute atomic E-state index is 13.4. The van der Waals surface area contributed by atoms with Crippen LogP contribution in [0.4, 0.5) is 5.69 Å². The van der Waals surface area contributed by atoms with Gasteiger partial charge in [0.15, 0.2) is 5.75 Å². The second-order valence-corrected chi connectivity index (χ2v) is 9.37. The first-order valence-electron chi connectivity index (χ1n) is 11.0. The highest BCUT2D eigenvalue weighted by atomic mass is 79.9. The molecule has 0 bridgehead atoms. The van der Waals surface area contributed by atoms with Gasteiger partial charge in [-0.05, 0) is 50.5 Å². The standard InChI is InChI=1S/C24H30BrN3O2/c1-17(2)28(20-6-4-3-5-7-20)24(29)18-8-9-19(21(25)14-18)16-27-12-13-30-23-15-26-11-10-22(23)27/h8-11,14-15,17,20H,3-7,12-13,16H2,1-2H3. The van der Waals surface area contributed by atoms with Crippen LogP contribution in [0.2, 0.25) is 0 Å². The Hall–Kier alpha value is -2.08. The van der Waals surface area contributed by atoms with Crippen LogP contribution < -0.4 is 9.64 Å². The molecule has 1 saturated carbocycles. The van der Waals surface area contributed by atoms with E-state index in [1.54, 1.807) is 12.4 Å². The largest absolute Gasteiger partial charge is 0.488 e. The fourth-order valence-electron chi connectivity index (χ4n) is 4.64. The number of hydrogen-bond acceptors (Lipinski definition) is 4. The molecular formula is C24H30BrN3O2. The summed E-state index contributed by atoms with van der Waals surface area (Å²) in [6.07, 6.45) is 9.54. The summed E-state index contributed by atoms with van der Waals surface area (Å²) in [7, 11) is 0. The van der Waals surface area contributed by atoms with E-state index in [2.05, 4.69) is 50.6 Å². The summed E-state index contributed by atoms with van der Waals surface area (Å²) in [6.45, 7) is 6.48. The van der Waals surface area contributed by atoms with Crippen LogP contribution in [0.1, 0.15) is 61.9 Å². The molecule has 1 fully saturated rings. The molecule has 1 aromatic carbocycles. The average molecular weight is 472 g/mol. The highest BCUT2D eigenvalue weighted by Gasteiger charge is 2.28. The van der Waals surface area contributed by atoms with Crippen molar-refractivity contribution in [3.8, 4) is 5.75 Å². The van der Waals surface area contributed by atoms with E-state index in [9.17, 15) is 4.79 Å². The van der Waals surface area contributed by atoms with Gasteiger partial charge in [0.1, 0.15) is 6.61 Å². The SMILES string of the molecule is CC(C)N(C(=O)c1ccc(CN2CCOc3cnccc32)c(Br)c1)C1CCCCC1. The van der Waals surface area contributed by atoms with E-state index in [0.717, 1.165) is 53.0 Å². The van der Waals surface area contributed by atoms with Crippen LogP contribution in [0, 0.1) is 0 Å². The first-order valence-corrected chi connectivity index (χ1v) is 11.8. The van der Waals surface area contributed by atoms with E-state index in [1.165, 1.54) is 19.3 Å². The number of amides is 1. The number of nitrogens with zero attached hydrogens (tertiary/aromatic N) is 3. The Balaban J connectivity index is 1.52. The maximum atomic E-state index is 13.4. The molecule has 6 heteroatoms. The van der Waals surface area contributed by atoms with Crippen molar-refractivity contribution in [2.45, 2.75) is 64.6 Å². The second-order valence-electron chi connectivity index (χ2n) is 8.52. The lowest BCUT2D eigenvalue weighted by molar-refractivity contribution is 0.0555. The Morgan fingerprint density at radius 3 is 2.80 bits per heavy atom. The third kappa shape index (κ3) is 4.48. The first-order chi connectivity index (χ1) is 14.5. The smallest absolute Gasteiger partial charge is 0.254 e. The number of hydrogen-bond donors (Lipinski definition) is 0. The zero-order valence-electron chi connectivity index (χ0n) is 17.8. The van der Waals surface area contributed by atoms with Crippen molar-refractivity contribution in [1.82, 2.24) is 9.88 Å². The van der Waals surface area contributed by atoms with Crippen LogP contribution in [0.3, 0.4) is 0 Å². The summed E-state index contributed by atoms with van der Waals surface area (Å²) in [4.78, 5) is 21.9. The molecule has 0 unspecified atom stereocenters. The van der Waals surface area contributed by atoms with Crippen LogP contribution in [0.5, 0.6) is 5.75 Å². The lowest BCUT2D eigenvalue weighted by Gasteiger charge is -2.37. The summed E-state index contributed by atoms with van der Waals surface area (Å²) >= 11 is 3.72. The van der Waals surface area contributed by atoms with E-state index in [-0.39, 0.29) is 11.9 Å². The normalized spacial score (nSPS) is 16.9. The number of aromatic nitrogens is 1. The number of benzene rings is 1. The molecule has 0 N–H and O–H groups in total. The molecule has 0 saturated heterocycles. The molecule has 160 valence electrons. The third-order valence-electron chi connectivity index (χ3n) is 6.14. The number of ether oxygens (including phenoxy) is 1. The number of rotatable bonds is 5. The maximum Gasteiger partial charge on any atom is 0.254 e. The summed E-state index contributed by atoms with van der Waals surface area (Å²) < 4.78 is 6.69. The van der Waals surface area contributed by atoms with Gasteiger partial charge in [0.05, 0.1) is 18.4 Å². The molecule has 30 heavy (non-hydrogen) atoms. The van der Waals surface area contributed by atoms with Gasteiger partial charge in [-0.25, -0.2) is 0 Å². The molecule has 2 aromatic rings. The summed E-state index contributed by atoms with van der Waals surface area (Å²) in [5.74, 6) is 0.971. The summed E-state index contributed by atoms with van der Waals surface area (Å²) in [5, 5.41) is 0. The molecule has 2 aliphatic rings. The topological polar surface area (TPSA) is 45.7 Å². The van der Waals surface area contributed by atoms with Crippen LogP contribution in [-0.4, -0.2) is 41.0 Å². The molecule has 2 heterocycles. The molecule has 4 rings (SSSR count). The Kier molecular flexibility index (Phi) is 6.61. The van der Waals surface area contributed by atoms with E-state index in [4.69, 9.17) is 4.74 Å². The van der Waals surface area contributed by atoms with E-state index >= 15 is 0 Å². The fourth-order valence-corrected chi connectivity index (χ4v) is 5.14. The second kappa shape index (κ2) is 9.38. The highest BCUT2D eigenvalue weighted by molar-refractivity contribution is 9.10. The molecule has 5 nitrogen and oxygen atoms in total. The minimum Gasteiger partial charge on any atom is -0.488 e. The Bertz CT molecular complexity index is 896. The van der Waals surface area contributed by atoms with Crippen molar-refractivity contribution in [2.24, 2.45) is 0 Å². The van der Waals surface area contributed by atoms with Crippen molar-refractivity contribution in [1.29, 1.82) is 0 Å². The van der Waals surface area contributed by atoms with Gasteiger partial charge in [0.2, 0.25) is 0 Å². The number of pyridine rings is 1. The lowest BCUT2D eigenvalue weighted by atomic mass is 9.92. The van der Waals surface area contributed by atoms with Gasteiger partial charge in [-0.3, -0.25) is 9.78 Å². The zero-order chi connectivity index (χ0) is 21.1. The zero-order valence-corrected chi connectivity index (χ0v) is 19.4. The Labute approximate surface area is 187 Å². The molecule has 0 spiro atoms. The van der Waals surface area contributed by atoms with E-state index in [1.807, 2.05) is 18.2 Å². The predicted octanol–water partition coefficient (Wildman–Crippen LogP) is 5.43. The van der Waals surface area contributed by atoms with Crippen LogP contribution in [0.15, 0.2) is 41.1 Å². The molecule has 1 aliphatic heterocycles. The lowest BCUT2D eigenvalue weighted by Crippen LogP contribution is -2.45. The van der Waals surface area contributed by atoms with Gasteiger partial charge in [-0.15, -0.1) is 0 Å². The van der Waals surface area contributed by atoms with Gasteiger partial charge >= 0.3 is 0 Å². The number of fused-ring (bicyclic) bond motifs is 1. The van der Waals surface area contributed by atoms with E-state index in [0.29, 0.717) is 12.6 Å². The number of carbonyl (C=O) groups is 1. The van der Waals surface area contributed by atoms with Crippen molar-refractivity contribution in [3.63, 3.8) is 0 Å². The summed E-state index contributed by atoms with van der Waals surface area (Å²) in [5.41, 5.74) is 2.98. The van der Waals surface area contributed by atoms with Crippen molar-refractivity contribution >= 4 is 27.5 Å². The molecule has 1 aromatic heterocycles. The Morgan fingerprint density at radius 2 is 2.07 bits per heavy atom. The number of anilines is 1. The third-order valence-corrected chi connectivity index (χ3v) is 6.88. The van der Waals surface area contributed by atoms with Crippen molar-refractivity contribution in [2.75, 3.05) is 18.1 Å². The molecule has 0 atom stereocenters. The van der Waals surface area contributed by atoms with Crippen LogP contribution in [0.25, 0.3) is 0 Å². The fraction of sp³-hybridized carbons (Fsp3) is 0.500. The highest BCUT2D eigenvalue weighted by Crippen LogP contribution is 2.33. The molecule has 1 amide bonds. The first kappa shape index (κ1) is 21.2. The number of halogens is 1. The van der Waals surface area contributed by atoms with E-state index < -0.39 is 0 Å². The average Bonchev–Trinajstić information content (AvgIpc) is 2.76. The van der Waals surface area contributed by atoms with Gasteiger partial charge in [-0.1, -0.05) is 41.3 Å². The quantitative estimate of drug-likeness (QED) is 0.583. The minimum atomic E-state index is 0.145. The Morgan fingerprint density at radius 1 is 1.27 bits per heavy atom.